The Kier molecular flexibility index (Phi) is 7.42. The summed E-state index contributed by atoms with van der Waals surface area (Å²) in [4.78, 5) is 17.6. The van der Waals surface area contributed by atoms with Crippen molar-refractivity contribution in [1.82, 2.24) is 0 Å². The van der Waals surface area contributed by atoms with E-state index in [0.717, 1.165) is 0 Å². The summed E-state index contributed by atoms with van der Waals surface area (Å²) in [6, 6.07) is 0. The van der Waals surface area contributed by atoms with Gasteiger partial charge in [0.2, 0.25) is 0 Å². The monoisotopic (exact) mass is 108 g/mol. The molecule has 0 radical (unpaired) electrons. The van der Waals surface area contributed by atoms with Gasteiger partial charge in [-0.05, 0) is 0 Å². The molecule has 0 aromatic carbocycles. The molecule has 0 atom stereocenters. The maximum absolute atomic E-state index is 9.70. The van der Waals surface area contributed by atoms with Crippen LogP contribution in [-0.4, -0.2) is 18.6 Å². The van der Waals surface area contributed by atoms with Crippen LogP contribution in [-0.2, 0) is 14.6 Å². The standard InChI is InChI=1S/C3H6O3.H2O/c1-3(4)6-5-2;/h1-2H3;1H2. The molecule has 0 fully saturated rings. The van der Waals surface area contributed by atoms with Crippen LogP contribution in [0.1, 0.15) is 6.92 Å². The second-order valence-corrected chi connectivity index (χ2v) is 0.742. The van der Waals surface area contributed by atoms with Gasteiger partial charge in [-0.3, -0.25) is 4.89 Å². The van der Waals surface area contributed by atoms with E-state index in [9.17, 15) is 4.79 Å². The van der Waals surface area contributed by atoms with Gasteiger partial charge in [0.05, 0.1) is 7.11 Å². The van der Waals surface area contributed by atoms with Gasteiger partial charge in [-0.25, -0.2) is 4.79 Å². The van der Waals surface area contributed by atoms with E-state index in [1.807, 2.05) is 0 Å². The predicted molar refractivity (Wildman–Crippen MR) is 22.4 cm³/mol. The summed E-state index contributed by atoms with van der Waals surface area (Å²) in [6.07, 6.45) is 0. The highest BCUT2D eigenvalue weighted by Crippen LogP contribution is 1.69. The summed E-state index contributed by atoms with van der Waals surface area (Å²) in [7, 11) is 1.28. The van der Waals surface area contributed by atoms with E-state index in [2.05, 4.69) is 9.78 Å². The first-order valence-electron chi connectivity index (χ1n) is 1.48. The topological polar surface area (TPSA) is 67.0 Å². The first kappa shape index (κ1) is 9.63. The molecule has 0 aromatic rings. The van der Waals surface area contributed by atoms with Crippen LogP contribution in [0.25, 0.3) is 0 Å². The normalized spacial score (nSPS) is 6.57. The van der Waals surface area contributed by atoms with Crippen LogP contribution in [0.15, 0.2) is 0 Å². The summed E-state index contributed by atoms with van der Waals surface area (Å²) in [5.41, 5.74) is 0. The van der Waals surface area contributed by atoms with Gasteiger partial charge in [0, 0.05) is 6.92 Å². The summed E-state index contributed by atoms with van der Waals surface area (Å²) in [5.74, 6) is -0.433. The maximum atomic E-state index is 9.70. The van der Waals surface area contributed by atoms with Crippen LogP contribution >= 0.6 is 0 Å². The Morgan fingerprint density at radius 1 is 1.57 bits per heavy atom. The molecule has 0 aliphatic carbocycles. The average Bonchev–Trinajstić information content (AvgIpc) is 1.35. The molecule has 0 saturated heterocycles. The van der Waals surface area contributed by atoms with Gasteiger partial charge in [0.15, 0.2) is 0 Å². The molecule has 7 heavy (non-hydrogen) atoms. The molecule has 0 spiro atoms. The molecule has 0 aliphatic rings. The second kappa shape index (κ2) is 5.39. The Morgan fingerprint density at radius 2 is 2.00 bits per heavy atom. The molecule has 0 heterocycles. The Bertz CT molecular complexity index is 50.9. The Balaban J connectivity index is 0. The zero-order valence-electron chi connectivity index (χ0n) is 4.22. The largest absolute Gasteiger partial charge is 0.412 e. The van der Waals surface area contributed by atoms with Crippen molar-refractivity contribution < 1.29 is 20.0 Å². The van der Waals surface area contributed by atoms with E-state index in [1.165, 1.54) is 14.0 Å². The Hall–Kier alpha value is -0.610. The number of hydrogen-bond donors (Lipinski definition) is 0. The highest BCUT2D eigenvalue weighted by molar-refractivity contribution is 5.65. The van der Waals surface area contributed by atoms with Gasteiger partial charge in [-0.15, -0.1) is 0 Å². The molecule has 0 rings (SSSR count). The minimum atomic E-state index is -0.433. The first-order valence-corrected chi connectivity index (χ1v) is 1.48. The molecule has 0 aromatic heterocycles. The van der Waals surface area contributed by atoms with Gasteiger partial charge in [-0.2, -0.15) is 4.89 Å². The molecule has 44 valence electrons. The average molecular weight is 108 g/mol. The second-order valence-electron chi connectivity index (χ2n) is 0.742. The molecular formula is C3H8O4. The Labute approximate surface area is 41.3 Å². The van der Waals surface area contributed by atoms with Crippen molar-refractivity contribution in [2.75, 3.05) is 7.11 Å². The van der Waals surface area contributed by atoms with Crippen LogP contribution in [0.5, 0.6) is 0 Å². The van der Waals surface area contributed by atoms with Crippen molar-refractivity contribution >= 4 is 5.97 Å². The van der Waals surface area contributed by atoms with E-state index < -0.39 is 5.97 Å². The molecule has 0 saturated carbocycles. The summed E-state index contributed by atoms with van der Waals surface area (Å²) < 4.78 is 0. The fourth-order valence-electron chi connectivity index (χ4n) is 0.117. The number of carbonyl (C=O) groups is 1. The molecule has 2 N–H and O–H groups in total. The van der Waals surface area contributed by atoms with Crippen molar-refractivity contribution in [3.05, 3.63) is 0 Å². The third-order valence-electron chi connectivity index (χ3n) is 0.201. The van der Waals surface area contributed by atoms with Crippen molar-refractivity contribution in [1.29, 1.82) is 0 Å². The first-order chi connectivity index (χ1) is 2.77. The van der Waals surface area contributed by atoms with E-state index >= 15 is 0 Å². The molecule has 0 amide bonds. The lowest BCUT2D eigenvalue weighted by Gasteiger charge is -1.87. The van der Waals surface area contributed by atoms with E-state index in [0.29, 0.717) is 0 Å². The molecule has 0 unspecified atom stereocenters. The minimum Gasteiger partial charge on any atom is -0.412 e. The smallest absolute Gasteiger partial charge is 0.339 e. The lowest BCUT2D eigenvalue weighted by molar-refractivity contribution is -0.252. The number of rotatable bonds is 1. The van der Waals surface area contributed by atoms with Crippen molar-refractivity contribution in [2.24, 2.45) is 0 Å². The molecule has 4 nitrogen and oxygen atoms in total. The third kappa shape index (κ3) is 10.8. The fraction of sp³-hybridized carbons (Fsp3) is 0.667. The highest BCUT2D eigenvalue weighted by Gasteiger charge is 1.83. The fourth-order valence-corrected chi connectivity index (χ4v) is 0.117. The minimum absolute atomic E-state index is 0. The van der Waals surface area contributed by atoms with Crippen LogP contribution in [0.4, 0.5) is 0 Å². The van der Waals surface area contributed by atoms with Gasteiger partial charge < -0.3 is 5.48 Å². The van der Waals surface area contributed by atoms with Gasteiger partial charge in [0.1, 0.15) is 0 Å². The third-order valence-corrected chi connectivity index (χ3v) is 0.201. The van der Waals surface area contributed by atoms with Gasteiger partial charge >= 0.3 is 5.97 Å². The van der Waals surface area contributed by atoms with Crippen LogP contribution in [0.2, 0.25) is 0 Å². The zero-order valence-corrected chi connectivity index (χ0v) is 4.22. The molecular weight excluding hydrogens is 100 g/mol. The quantitative estimate of drug-likeness (QED) is 0.329. The van der Waals surface area contributed by atoms with Crippen LogP contribution in [0, 0.1) is 0 Å². The number of hydrogen-bond acceptors (Lipinski definition) is 3. The van der Waals surface area contributed by atoms with E-state index in [-0.39, 0.29) is 5.48 Å². The highest BCUT2D eigenvalue weighted by atomic mass is 17.2. The summed E-state index contributed by atoms with van der Waals surface area (Å²) >= 11 is 0. The number of carbonyl (C=O) groups excluding carboxylic acids is 1. The van der Waals surface area contributed by atoms with E-state index in [4.69, 9.17) is 0 Å². The summed E-state index contributed by atoms with van der Waals surface area (Å²) in [6.45, 7) is 1.27. The predicted octanol–water partition coefficient (Wildman–Crippen LogP) is -0.714. The maximum Gasteiger partial charge on any atom is 0.339 e. The van der Waals surface area contributed by atoms with Crippen LogP contribution < -0.4 is 0 Å². The molecule has 0 aliphatic heterocycles. The van der Waals surface area contributed by atoms with Crippen molar-refractivity contribution in [2.45, 2.75) is 6.92 Å². The lowest BCUT2D eigenvalue weighted by Crippen LogP contribution is -1.94. The lowest BCUT2D eigenvalue weighted by atomic mass is 10.8. The van der Waals surface area contributed by atoms with Crippen molar-refractivity contribution in [3.63, 3.8) is 0 Å². The SMILES string of the molecule is COOC(C)=O.O. The van der Waals surface area contributed by atoms with Gasteiger partial charge in [-0.1, -0.05) is 0 Å². The van der Waals surface area contributed by atoms with E-state index in [1.54, 1.807) is 0 Å². The summed E-state index contributed by atoms with van der Waals surface area (Å²) in [5, 5.41) is 0. The molecule has 0 bridgehead atoms. The molecule has 4 heteroatoms. The Morgan fingerprint density at radius 3 is 2.00 bits per heavy atom. The van der Waals surface area contributed by atoms with Crippen molar-refractivity contribution in [3.8, 4) is 0 Å². The zero-order chi connectivity index (χ0) is 4.99. The van der Waals surface area contributed by atoms with Crippen LogP contribution in [0.3, 0.4) is 0 Å². The van der Waals surface area contributed by atoms with Gasteiger partial charge in [0.25, 0.3) is 0 Å².